The Morgan fingerprint density at radius 1 is 1.10 bits per heavy atom. The molecule has 0 heterocycles. The molecule has 112 valence electrons. The van der Waals surface area contributed by atoms with Crippen molar-refractivity contribution >= 4 is 27.5 Å². The van der Waals surface area contributed by atoms with Crippen molar-refractivity contribution in [1.82, 2.24) is 0 Å². The zero-order valence-corrected chi connectivity index (χ0v) is 12.9. The van der Waals surface area contributed by atoms with Crippen LogP contribution in [-0.4, -0.2) is 0 Å². The predicted molar refractivity (Wildman–Crippen MR) is 77.8 cm³/mol. The highest BCUT2D eigenvalue weighted by Crippen LogP contribution is 2.39. The van der Waals surface area contributed by atoms with Crippen LogP contribution in [0.15, 0.2) is 46.9 Å². The lowest BCUT2D eigenvalue weighted by Gasteiger charge is -2.17. The molecule has 0 saturated carbocycles. The average Bonchev–Trinajstić information content (AvgIpc) is 2.37. The van der Waals surface area contributed by atoms with Crippen LogP contribution >= 0.6 is 27.5 Å². The molecule has 0 aliphatic carbocycles. The highest BCUT2D eigenvalue weighted by Gasteiger charge is 2.35. The predicted octanol–water partition coefficient (Wildman–Crippen LogP) is 6.13. The smallest absolute Gasteiger partial charge is 0.207 e. The van der Waals surface area contributed by atoms with Crippen LogP contribution in [0.25, 0.3) is 0 Å². The van der Waals surface area contributed by atoms with Crippen molar-refractivity contribution in [3.8, 4) is 0 Å². The fraction of sp³-hybridized carbons (Fsp3) is 0.200. The molecule has 0 spiro atoms. The Kier molecular flexibility index (Phi) is 4.94. The monoisotopic (exact) mass is 380 g/mol. The van der Waals surface area contributed by atoms with Gasteiger partial charge in [0.25, 0.3) is 0 Å². The van der Waals surface area contributed by atoms with E-state index in [0.29, 0.717) is 10.0 Å². The van der Waals surface area contributed by atoms with Gasteiger partial charge in [-0.25, -0.2) is 4.39 Å². The van der Waals surface area contributed by atoms with Crippen LogP contribution in [0.2, 0.25) is 0 Å². The van der Waals surface area contributed by atoms with Gasteiger partial charge in [0.05, 0.1) is 10.9 Å². The third-order valence-corrected chi connectivity index (χ3v) is 3.84. The summed E-state index contributed by atoms with van der Waals surface area (Å²) in [6.45, 7) is 0. The molecule has 21 heavy (non-hydrogen) atoms. The van der Waals surface area contributed by atoms with Crippen LogP contribution in [0.1, 0.15) is 22.1 Å². The van der Waals surface area contributed by atoms with E-state index in [0.717, 1.165) is 6.07 Å². The van der Waals surface area contributed by atoms with E-state index in [-0.39, 0.29) is 12.0 Å². The Morgan fingerprint density at radius 3 is 2.43 bits per heavy atom. The summed E-state index contributed by atoms with van der Waals surface area (Å²) in [7, 11) is 0. The summed E-state index contributed by atoms with van der Waals surface area (Å²) in [5.74, 6) is -0.441. The molecule has 0 saturated heterocycles. The first-order valence-electron chi connectivity index (χ1n) is 6.02. The molecule has 1 unspecified atom stereocenters. The fourth-order valence-electron chi connectivity index (χ4n) is 2.03. The van der Waals surface area contributed by atoms with Gasteiger partial charge in [0.2, 0.25) is 0 Å². The minimum Gasteiger partial charge on any atom is -0.207 e. The van der Waals surface area contributed by atoms with Crippen LogP contribution in [0, 0.1) is 5.82 Å². The number of halogens is 6. The molecule has 0 nitrogen and oxygen atoms in total. The third kappa shape index (κ3) is 4.20. The minimum absolute atomic E-state index is 0.0170. The number of rotatable bonds is 3. The first-order valence-corrected chi connectivity index (χ1v) is 7.25. The third-order valence-electron chi connectivity index (χ3n) is 2.96. The zero-order chi connectivity index (χ0) is 15.6. The lowest BCUT2D eigenvalue weighted by molar-refractivity contribution is -0.138. The second-order valence-electron chi connectivity index (χ2n) is 4.53. The quantitative estimate of drug-likeness (QED) is 0.443. The maximum Gasteiger partial charge on any atom is 0.416 e. The highest BCUT2D eigenvalue weighted by molar-refractivity contribution is 9.10. The van der Waals surface area contributed by atoms with Crippen molar-refractivity contribution in [2.24, 2.45) is 0 Å². The van der Waals surface area contributed by atoms with Gasteiger partial charge in [-0.05, 0) is 41.8 Å². The highest BCUT2D eigenvalue weighted by atomic mass is 79.9. The maximum absolute atomic E-state index is 13.1. The van der Waals surface area contributed by atoms with Gasteiger partial charge in [0.15, 0.2) is 0 Å². The van der Waals surface area contributed by atoms with Crippen molar-refractivity contribution in [2.45, 2.75) is 18.0 Å². The number of benzene rings is 2. The molecule has 2 rings (SSSR count). The normalized spacial score (nSPS) is 13.2. The van der Waals surface area contributed by atoms with Gasteiger partial charge in [-0.1, -0.05) is 34.1 Å². The van der Waals surface area contributed by atoms with E-state index in [1.807, 2.05) is 0 Å². The number of hydrogen-bond acceptors (Lipinski definition) is 0. The van der Waals surface area contributed by atoms with E-state index in [1.54, 1.807) is 6.07 Å². The summed E-state index contributed by atoms with van der Waals surface area (Å²) >= 11 is 9.14. The summed E-state index contributed by atoms with van der Waals surface area (Å²) in [5, 5.41) is -0.892. The van der Waals surface area contributed by atoms with E-state index in [1.165, 1.54) is 30.3 Å². The van der Waals surface area contributed by atoms with Gasteiger partial charge >= 0.3 is 6.18 Å². The Labute approximate surface area is 132 Å². The SMILES string of the molecule is Fc1cccc(CC(Cl)c2ccc(Br)cc2C(F)(F)F)c1. The molecule has 6 heteroatoms. The summed E-state index contributed by atoms with van der Waals surface area (Å²) in [6, 6.07) is 9.51. The molecule has 0 radical (unpaired) electrons. The molecule has 1 atom stereocenters. The molecule has 0 aliphatic heterocycles. The van der Waals surface area contributed by atoms with Crippen molar-refractivity contribution in [3.63, 3.8) is 0 Å². The van der Waals surface area contributed by atoms with Gasteiger partial charge in [-0.2, -0.15) is 13.2 Å². The van der Waals surface area contributed by atoms with Crippen molar-refractivity contribution in [1.29, 1.82) is 0 Å². The molecule has 0 fully saturated rings. The molecule has 0 aliphatic rings. The minimum atomic E-state index is -4.49. The second-order valence-corrected chi connectivity index (χ2v) is 5.97. The van der Waals surface area contributed by atoms with Gasteiger partial charge in [-0.15, -0.1) is 11.6 Å². The van der Waals surface area contributed by atoms with E-state index < -0.39 is 22.9 Å². The summed E-state index contributed by atoms with van der Waals surface area (Å²) in [5.41, 5.74) is -0.254. The van der Waals surface area contributed by atoms with Crippen LogP contribution in [-0.2, 0) is 12.6 Å². The molecule has 0 N–H and O–H groups in total. The second kappa shape index (κ2) is 6.36. The van der Waals surface area contributed by atoms with Crippen molar-refractivity contribution in [3.05, 3.63) is 69.4 Å². The first-order chi connectivity index (χ1) is 9.77. The maximum atomic E-state index is 13.1. The number of hydrogen-bond donors (Lipinski definition) is 0. The standard InChI is InChI=1S/C15H10BrClF4/c16-10-4-5-12(13(8-10)15(19,20)21)14(17)7-9-2-1-3-11(18)6-9/h1-6,8,14H,7H2. The largest absolute Gasteiger partial charge is 0.416 e. The molecule has 0 aromatic heterocycles. The zero-order valence-electron chi connectivity index (χ0n) is 10.6. The summed E-state index contributed by atoms with van der Waals surface area (Å²) in [6.07, 6.45) is -4.38. The lowest BCUT2D eigenvalue weighted by Crippen LogP contribution is -2.11. The average molecular weight is 382 g/mol. The van der Waals surface area contributed by atoms with Crippen LogP contribution in [0.5, 0.6) is 0 Å². The van der Waals surface area contributed by atoms with Crippen molar-refractivity contribution < 1.29 is 17.6 Å². The Hall–Kier alpha value is -1.07. The van der Waals surface area contributed by atoms with Gasteiger partial charge < -0.3 is 0 Å². The van der Waals surface area contributed by atoms with E-state index >= 15 is 0 Å². The van der Waals surface area contributed by atoms with E-state index in [9.17, 15) is 17.6 Å². The Balaban J connectivity index is 2.33. The van der Waals surface area contributed by atoms with Crippen LogP contribution in [0.4, 0.5) is 17.6 Å². The Morgan fingerprint density at radius 2 is 1.81 bits per heavy atom. The molecule has 2 aromatic carbocycles. The van der Waals surface area contributed by atoms with Gasteiger partial charge in [-0.3, -0.25) is 0 Å². The molecule has 2 aromatic rings. The number of alkyl halides is 4. The van der Waals surface area contributed by atoms with Crippen molar-refractivity contribution in [2.75, 3.05) is 0 Å². The molecular weight excluding hydrogens is 372 g/mol. The summed E-state index contributed by atoms with van der Waals surface area (Å²) < 4.78 is 52.6. The fourth-order valence-corrected chi connectivity index (χ4v) is 2.76. The molecule has 0 bridgehead atoms. The van der Waals surface area contributed by atoms with Gasteiger partial charge in [0, 0.05) is 4.47 Å². The lowest BCUT2D eigenvalue weighted by atomic mass is 9.99. The van der Waals surface area contributed by atoms with E-state index in [2.05, 4.69) is 15.9 Å². The van der Waals surface area contributed by atoms with Gasteiger partial charge in [0.1, 0.15) is 5.82 Å². The topological polar surface area (TPSA) is 0 Å². The van der Waals surface area contributed by atoms with Crippen LogP contribution in [0.3, 0.4) is 0 Å². The Bertz CT molecular complexity index is 640. The van der Waals surface area contributed by atoms with E-state index in [4.69, 9.17) is 11.6 Å². The molecule has 0 amide bonds. The molecular formula is C15H10BrClF4. The van der Waals surface area contributed by atoms with Crippen LogP contribution < -0.4 is 0 Å². The first kappa shape index (κ1) is 16.3. The summed E-state index contributed by atoms with van der Waals surface area (Å²) in [4.78, 5) is 0.